The van der Waals surface area contributed by atoms with E-state index in [1.165, 1.54) is 9.80 Å². The average Bonchev–Trinajstić information content (AvgIpc) is 2.98. The van der Waals surface area contributed by atoms with Crippen molar-refractivity contribution in [1.29, 1.82) is 0 Å². The summed E-state index contributed by atoms with van der Waals surface area (Å²) < 4.78 is 0. The van der Waals surface area contributed by atoms with Crippen LogP contribution in [0, 0.1) is 17.8 Å². The monoisotopic (exact) mass is 297 g/mol. The van der Waals surface area contributed by atoms with Crippen LogP contribution in [-0.4, -0.2) is 66.5 Å². The number of likely N-dealkylation sites (N-methyl/N-ethyl adjacent to an activating group) is 2. The number of carbonyl (C=O) groups excluding carboxylic acids is 2. The summed E-state index contributed by atoms with van der Waals surface area (Å²) in [6, 6.07) is -0.695. The van der Waals surface area contributed by atoms with Crippen molar-refractivity contribution < 1.29 is 19.5 Å². The van der Waals surface area contributed by atoms with Gasteiger partial charge in [0.1, 0.15) is 6.54 Å². The van der Waals surface area contributed by atoms with Crippen LogP contribution in [0.15, 0.2) is 0 Å². The molecular formula is C14H23N3O4. The number of carbonyl (C=O) groups is 3. The number of hydrogen-bond donors (Lipinski definition) is 2. The summed E-state index contributed by atoms with van der Waals surface area (Å²) in [6.45, 7) is -0.0165. The maximum Gasteiger partial charge on any atom is 0.317 e. The van der Waals surface area contributed by atoms with E-state index in [-0.39, 0.29) is 36.4 Å². The van der Waals surface area contributed by atoms with Crippen LogP contribution in [-0.2, 0) is 9.59 Å². The summed E-state index contributed by atoms with van der Waals surface area (Å²) in [5, 5.41) is 12.2. The molecule has 4 atom stereocenters. The number of carboxylic acids is 1. The molecule has 0 aromatic carbocycles. The van der Waals surface area contributed by atoms with Gasteiger partial charge < -0.3 is 20.2 Å². The number of nitrogens with zero attached hydrogens (tertiary/aromatic N) is 2. The molecule has 118 valence electrons. The Balaban J connectivity index is 1.95. The van der Waals surface area contributed by atoms with Crippen LogP contribution in [0.25, 0.3) is 0 Å². The lowest BCUT2D eigenvalue weighted by Gasteiger charge is -2.30. The highest BCUT2D eigenvalue weighted by Gasteiger charge is 2.51. The van der Waals surface area contributed by atoms with Gasteiger partial charge in [-0.15, -0.1) is 0 Å². The molecule has 0 heterocycles. The van der Waals surface area contributed by atoms with Crippen molar-refractivity contribution in [2.45, 2.75) is 25.3 Å². The van der Waals surface area contributed by atoms with Gasteiger partial charge in [0.2, 0.25) is 5.91 Å². The molecule has 2 aliphatic carbocycles. The van der Waals surface area contributed by atoms with E-state index in [1.54, 1.807) is 21.1 Å². The minimum Gasteiger partial charge on any atom is -0.481 e. The second-order valence-electron chi connectivity index (χ2n) is 6.32. The van der Waals surface area contributed by atoms with Crippen LogP contribution in [0.1, 0.15) is 19.3 Å². The Hall–Kier alpha value is -1.79. The zero-order chi connectivity index (χ0) is 15.7. The fourth-order valence-corrected chi connectivity index (χ4v) is 3.52. The number of amides is 3. The van der Waals surface area contributed by atoms with Gasteiger partial charge >= 0.3 is 12.0 Å². The molecule has 3 amide bonds. The number of urea groups is 1. The zero-order valence-electron chi connectivity index (χ0n) is 12.7. The Morgan fingerprint density at radius 3 is 2.33 bits per heavy atom. The number of fused-ring (bicyclic) bond motifs is 2. The first-order valence-electron chi connectivity index (χ1n) is 7.25. The molecule has 2 rings (SSSR count). The summed E-state index contributed by atoms with van der Waals surface area (Å²) >= 11 is 0. The molecule has 4 unspecified atom stereocenters. The third kappa shape index (κ3) is 3.11. The zero-order valence-corrected chi connectivity index (χ0v) is 12.7. The normalized spacial score (nSPS) is 30.0. The van der Waals surface area contributed by atoms with E-state index < -0.39 is 11.9 Å². The third-order valence-electron chi connectivity index (χ3n) is 4.71. The molecule has 0 aromatic rings. The first-order valence-corrected chi connectivity index (χ1v) is 7.25. The van der Waals surface area contributed by atoms with Crippen LogP contribution in [0.2, 0.25) is 0 Å². The highest BCUT2D eigenvalue weighted by molar-refractivity contribution is 5.84. The molecule has 21 heavy (non-hydrogen) atoms. The van der Waals surface area contributed by atoms with Crippen molar-refractivity contribution in [1.82, 2.24) is 15.1 Å². The van der Waals surface area contributed by atoms with E-state index >= 15 is 0 Å². The predicted octanol–water partition coefficient (Wildman–Crippen LogP) is 0.215. The van der Waals surface area contributed by atoms with Crippen molar-refractivity contribution in [3.63, 3.8) is 0 Å². The quantitative estimate of drug-likeness (QED) is 0.776. The van der Waals surface area contributed by atoms with Gasteiger partial charge in [0, 0.05) is 27.2 Å². The molecule has 0 radical (unpaired) electrons. The van der Waals surface area contributed by atoms with Crippen molar-refractivity contribution in [2.75, 3.05) is 27.7 Å². The molecule has 7 nitrogen and oxygen atoms in total. The lowest BCUT2D eigenvalue weighted by atomic mass is 9.84. The highest BCUT2D eigenvalue weighted by Crippen LogP contribution is 2.48. The molecule has 0 aromatic heterocycles. The fraction of sp³-hybridized carbons (Fsp3) is 0.786. The van der Waals surface area contributed by atoms with Crippen molar-refractivity contribution in [3.8, 4) is 0 Å². The standard InChI is InChI=1S/C14H23N3O4/c1-16(2)10(18)7-17(3)14(21)15-12-9-5-4-8(6-9)11(12)13(19)20/h8-9,11-12H,4-7H2,1-3H3,(H,15,21)(H,19,20). The molecule has 2 bridgehead atoms. The Morgan fingerprint density at radius 2 is 1.76 bits per heavy atom. The fourth-order valence-electron chi connectivity index (χ4n) is 3.52. The van der Waals surface area contributed by atoms with E-state index in [0.29, 0.717) is 0 Å². The molecule has 0 spiro atoms. The molecular weight excluding hydrogens is 274 g/mol. The second-order valence-corrected chi connectivity index (χ2v) is 6.32. The van der Waals surface area contributed by atoms with Crippen LogP contribution in [0.4, 0.5) is 4.79 Å². The first-order chi connectivity index (χ1) is 9.81. The van der Waals surface area contributed by atoms with E-state index in [9.17, 15) is 19.5 Å². The SMILES string of the molecule is CN(C)C(=O)CN(C)C(=O)NC1C2CCC(C2)C1C(=O)O. The number of carboxylic acid groups (broad SMARTS) is 1. The Kier molecular flexibility index (Phi) is 4.39. The molecule has 2 N–H and O–H groups in total. The number of hydrogen-bond acceptors (Lipinski definition) is 3. The first kappa shape index (κ1) is 15.6. The molecule has 0 aliphatic heterocycles. The van der Waals surface area contributed by atoms with Gasteiger partial charge in [-0.3, -0.25) is 9.59 Å². The lowest BCUT2D eigenvalue weighted by Crippen LogP contribution is -2.52. The molecule has 2 aliphatic rings. The van der Waals surface area contributed by atoms with Gasteiger partial charge in [-0.25, -0.2) is 4.79 Å². The number of rotatable bonds is 4. The Morgan fingerprint density at radius 1 is 1.14 bits per heavy atom. The summed E-state index contributed by atoms with van der Waals surface area (Å²) in [6.07, 6.45) is 2.78. The van der Waals surface area contributed by atoms with Crippen LogP contribution in [0.3, 0.4) is 0 Å². The minimum atomic E-state index is -0.834. The van der Waals surface area contributed by atoms with Gasteiger partial charge in [-0.1, -0.05) is 0 Å². The van der Waals surface area contributed by atoms with Gasteiger partial charge in [-0.05, 0) is 31.1 Å². The van der Waals surface area contributed by atoms with Crippen molar-refractivity contribution >= 4 is 17.9 Å². The number of aliphatic carboxylic acids is 1. The van der Waals surface area contributed by atoms with Gasteiger partial charge in [0.15, 0.2) is 0 Å². The second kappa shape index (κ2) is 5.91. The highest BCUT2D eigenvalue weighted by atomic mass is 16.4. The maximum atomic E-state index is 12.2. The van der Waals surface area contributed by atoms with Crippen molar-refractivity contribution in [2.24, 2.45) is 17.8 Å². The predicted molar refractivity (Wildman–Crippen MR) is 75.6 cm³/mol. The number of nitrogens with one attached hydrogen (secondary N) is 1. The Labute approximate surface area is 124 Å². The summed E-state index contributed by atoms with van der Waals surface area (Å²) in [7, 11) is 4.80. The van der Waals surface area contributed by atoms with Gasteiger partial charge in [0.05, 0.1) is 5.92 Å². The minimum absolute atomic E-state index is 0.0165. The topological polar surface area (TPSA) is 90.0 Å². The molecule has 2 fully saturated rings. The average molecular weight is 297 g/mol. The van der Waals surface area contributed by atoms with Crippen LogP contribution < -0.4 is 5.32 Å². The third-order valence-corrected chi connectivity index (χ3v) is 4.71. The lowest BCUT2D eigenvalue weighted by molar-refractivity contribution is -0.144. The maximum absolute atomic E-state index is 12.2. The van der Waals surface area contributed by atoms with E-state index in [4.69, 9.17) is 0 Å². The Bertz CT molecular complexity index is 452. The van der Waals surface area contributed by atoms with Gasteiger partial charge in [-0.2, -0.15) is 0 Å². The van der Waals surface area contributed by atoms with Crippen molar-refractivity contribution in [3.05, 3.63) is 0 Å². The summed E-state index contributed by atoms with van der Waals surface area (Å²) in [4.78, 5) is 37.9. The summed E-state index contributed by atoms with van der Waals surface area (Å²) in [5.41, 5.74) is 0. The van der Waals surface area contributed by atoms with Crippen LogP contribution >= 0.6 is 0 Å². The molecule has 2 saturated carbocycles. The van der Waals surface area contributed by atoms with E-state index in [2.05, 4.69) is 5.32 Å². The van der Waals surface area contributed by atoms with Gasteiger partial charge in [0.25, 0.3) is 0 Å². The molecule has 7 heteroatoms. The van der Waals surface area contributed by atoms with E-state index in [1.807, 2.05) is 0 Å². The largest absolute Gasteiger partial charge is 0.481 e. The van der Waals surface area contributed by atoms with Crippen LogP contribution in [0.5, 0.6) is 0 Å². The molecule has 0 saturated heterocycles. The smallest absolute Gasteiger partial charge is 0.317 e. The summed E-state index contributed by atoms with van der Waals surface area (Å²) in [5.74, 6) is -1.08. The van der Waals surface area contributed by atoms with E-state index in [0.717, 1.165) is 19.3 Å².